The first-order valence-corrected chi connectivity index (χ1v) is 12.2. The van der Waals surface area contributed by atoms with Crippen LogP contribution in [0.4, 0.5) is 5.69 Å². The summed E-state index contributed by atoms with van der Waals surface area (Å²) < 4.78 is 0. The largest absolute Gasteiger partial charge is 0.391 e. The van der Waals surface area contributed by atoms with Crippen LogP contribution in [0.15, 0.2) is 48.5 Å². The Balaban J connectivity index is 1.49. The van der Waals surface area contributed by atoms with Crippen molar-refractivity contribution in [1.82, 2.24) is 10.6 Å². The molecule has 2 amide bonds. The van der Waals surface area contributed by atoms with Crippen molar-refractivity contribution in [2.45, 2.75) is 57.2 Å². The molecule has 1 aliphatic rings. The lowest BCUT2D eigenvalue weighted by atomic mass is 10.1. The molecule has 0 aliphatic carbocycles. The maximum Gasteiger partial charge on any atom is 0.251 e. The van der Waals surface area contributed by atoms with Crippen molar-refractivity contribution >= 4 is 23.3 Å². The van der Waals surface area contributed by atoms with Gasteiger partial charge < -0.3 is 26.2 Å². The molecule has 0 saturated carbocycles. The van der Waals surface area contributed by atoms with E-state index in [1.54, 1.807) is 24.3 Å². The quantitative estimate of drug-likeness (QED) is 0.324. The van der Waals surface area contributed by atoms with Gasteiger partial charge in [0.25, 0.3) is 5.91 Å². The first-order valence-electron chi connectivity index (χ1n) is 12.2. The summed E-state index contributed by atoms with van der Waals surface area (Å²) in [6.45, 7) is 1.68. The molecule has 0 unspecified atom stereocenters. The zero-order chi connectivity index (χ0) is 25.9. The minimum absolute atomic E-state index is 0.0106. The Morgan fingerprint density at radius 2 is 1.69 bits per heavy atom. The van der Waals surface area contributed by atoms with E-state index < -0.39 is 30.4 Å². The lowest BCUT2D eigenvalue weighted by Crippen LogP contribution is -2.48. The number of anilines is 1. The molecule has 8 nitrogen and oxygen atoms in total. The maximum atomic E-state index is 12.4. The van der Waals surface area contributed by atoms with E-state index in [1.807, 2.05) is 24.3 Å². The Kier molecular flexibility index (Phi) is 10.2. The van der Waals surface area contributed by atoms with E-state index in [2.05, 4.69) is 27.8 Å². The summed E-state index contributed by atoms with van der Waals surface area (Å²) >= 11 is 0. The van der Waals surface area contributed by atoms with Crippen molar-refractivity contribution in [1.29, 1.82) is 0 Å². The first-order chi connectivity index (χ1) is 17.4. The molecule has 1 heterocycles. The molecule has 1 aliphatic heterocycles. The molecule has 8 heteroatoms. The second-order valence-corrected chi connectivity index (χ2v) is 8.95. The van der Waals surface area contributed by atoms with Gasteiger partial charge >= 0.3 is 0 Å². The standard InChI is InChI=1S/C28H33N3O5/c1-19(33)27(25(34)18-32)31-28(36)22-13-9-20(10-14-22)7-8-21-11-15-24(16-12-21)30-26(35)6-2-4-23-5-3-17-29-23/h9-16,19,23,27,29,32-33H,2-6,17-18H2,1H3,(H,30,35)(H,31,36)/t19-,23-,27+/m1/s1. The summed E-state index contributed by atoms with van der Waals surface area (Å²) in [7, 11) is 0. The number of ketones is 1. The summed E-state index contributed by atoms with van der Waals surface area (Å²) in [5.41, 5.74) is 2.51. The predicted octanol–water partition coefficient (Wildman–Crippen LogP) is 1.99. The molecule has 0 bridgehead atoms. The normalized spacial score (nSPS) is 16.4. The van der Waals surface area contributed by atoms with Gasteiger partial charge in [0.15, 0.2) is 5.78 Å². The molecule has 2 aromatic carbocycles. The van der Waals surface area contributed by atoms with Crippen LogP contribution in [0.1, 0.15) is 60.5 Å². The molecular weight excluding hydrogens is 458 g/mol. The van der Waals surface area contributed by atoms with Gasteiger partial charge in [0.2, 0.25) is 5.91 Å². The van der Waals surface area contributed by atoms with Crippen LogP contribution < -0.4 is 16.0 Å². The Hall–Kier alpha value is -3.51. The zero-order valence-electron chi connectivity index (χ0n) is 20.4. The Morgan fingerprint density at radius 3 is 2.25 bits per heavy atom. The third-order valence-corrected chi connectivity index (χ3v) is 6.06. The van der Waals surface area contributed by atoms with Crippen molar-refractivity contribution < 1.29 is 24.6 Å². The van der Waals surface area contributed by atoms with E-state index in [0.717, 1.165) is 30.6 Å². The van der Waals surface area contributed by atoms with Gasteiger partial charge in [-0.25, -0.2) is 0 Å². The van der Waals surface area contributed by atoms with Crippen LogP contribution in [0.3, 0.4) is 0 Å². The highest BCUT2D eigenvalue weighted by molar-refractivity contribution is 5.98. The maximum absolute atomic E-state index is 12.4. The van der Waals surface area contributed by atoms with Crippen LogP contribution in [0.5, 0.6) is 0 Å². The van der Waals surface area contributed by atoms with Crippen LogP contribution in [0.25, 0.3) is 0 Å². The van der Waals surface area contributed by atoms with E-state index in [9.17, 15) is 19.5 Å². The van der Waals surface area contributed by atoms with Crippen molar-refractivity contribution in [2.75, 3.05) is 18.5 Å². The number of aliphatic hydroxyl groups is 2. The van der Waals surface area contributed by atoms with Gasteiger partial charge in [-0.2, -0.15) is 0 Å². The number of Topliss-reactive ketones (excluding diaryl/α,β-unsaturated/α-hetero) is 1. The fourth-order valence-corrected chi connectivity index (χ4v) is 4.01. The second kappa shape index (κ2) is 13.5. The lowest BCUT2D eigenvalue weighted by molar-refractivity contribution is -0.126. The topological polar surface area (TPSA) is 128 Å². The van der Waals surface area contributed by atoms with Crippen LogP contribution in [0, 0.1) is 11.8 Å². The van der Waals surface area contributed by atoms with Gasteiger partial charge in [0.05, 0.1) is 6.10 Å². The van der Waals surface area contributed by atoms with Crippen molar-refractivity contribution in [2.24, 2.45) is 0 Å². The molecule has 190 valence electrons. The molecule has 3 atom stereocenters. The summed E-state index contributed by atoms with van der Waals surface area (Å²) in [6.07, 6.45) is 3.69. The van der Waals surface area contributed by atoms with E-state index in [0.29, 0.717) is 23.6 Å². The molecule has 3 rings (SSSR count). The highest BCUT2D eigenvalue weighted by Crippen LogP contribution is 2.14. The molecule has 36 heavy (non-hydrogen) atoms. The number of rotatable bonds is 10. The number of carbonyl (C=O) groups is 3. The van der Waals surface area contributed by atoms with E-state index in [1.165, 1.54) is 19.8 Å². The molecule has 1 saturated heterocycles. The molecular formula is C28H33N3O5. The monoisotopic (exact) mass is 491 g/mol. The summed E-state index contributed by atoms with van der Waals surface area (Å²) in [5.74, 6) is 4.89. The summed E-state index contributed by atoms with van der Waals surface area (Å²) in [6, 6.07) is 13.2. The summed E-state index contributed by atoms with van der Waals surface area (Å²) in [5, 5.41) is 27.5. The zero-order valence-corrected chi connectivity index (χ0v) is 20.4. The Morgan fingerprint density at radius 1 is 1.06 bits per heavy atom. The Labute approximate surface area is 211 Å². The average Bonchev–Trinajstić information content (AvgIpc) is 3.40. The van der Waals surface area contributed by atoms with E-state index in [-0.39, 0.29) is 5.91 Å². The van der Waals surface area contributed by atoms with E-state index >= 15 is 0 Å². The van der Waals surface area contributed by atoms with Gasteiger partial charge in [-0.05, 0) is 87.7 Å². The van der Waals surface area contributed by atoms with E-state index in [4.69, 9.17) is 5.11 Å². The smallest absolute Gasteiger partial charge is 0.251 e. The van der Waals surface area contributed by atoms with Crippen LogP contribution >= 0.6 is 0 Å². The Bertz CT molecular complexity index is 1090. The third-order valence-electron chi connectivity index (χ3n) is 6.06. The van der Waals surface area contributed by atoms with Crippen molar-refractivity contribution in [3.8, 4) is 11.8 Å². The van der Waals surface area contributed by atoms with Gasteiger partial charge in [-0.15, -0.1) is 0 Å². The SMILES string of the molecule is C[C@@H](O)[C@H](NC(=O)c1ccc(C#Cc2ccc(NC(=O)CCC[C@@H]3CCCN3)cc2)cc1)C(=O)CO. The fourth-order valence-electron chi connectivity index (χ4n) is 4.01. The third kappa shape index (κ3) is 8.31. The number of aliphatic hydroxyl groups excluding tert-OH is 2. The van der Waals surface area contributed by atoms with Gasteiger partial charge in [-0.3, -0.25) is 14.4 Å². The molecule has 0 radical (unpaired) electrons. The minimum atomic E-state index is -1.18. The number of nitrogens with one attached hydrogen (secondary N) is 3. The number of hydrogen-bond donors (Lipinski definition) is 5. The number of hydrogen-bond acceptors (Lipinski definition) is 6. The number of carbonyl (C=O) groups excluding carboxylic acids is 3. The number of benzene rings is 2. The molecule has 0 spiro atoms. The van der Waals surface area contributed by atoms with Crippen molar-refractivity contribution in [3.63, 3.8) is 0 Å². The number of amides is 2. The van der Waals surface area contributed by atoms with Crippen LogP contribution in [-0.2, 0) is 9.59 Å². The van der Waals surface area contributed by atoms with Crippen LogP contribution in [-0.4, -0.2) is 59.1 Å². The predicted molar refractivity (Wildman–Crippen MR) is 137 cm³/mol. The first kappa shape index (κ1) is 27.1. The summed E-state index contributed by atoms with van der Waals surface area (Å²) in [4.78, 5) is 36.2. The highest BCUT2D eigenvalue weighted by Gasteiger charge is 2.25. The fraction of sp³-hybridized carbons (Fsp3) is 0.393. The van der Waals surface area contributed by atoms with Gasteiger partial charge in [0, 0.05) is 34.8 Å². The van der Waals surface area contributed by atoms with Gasteiger partial charge in [-0.1, -0.05) is 11.8 Å². The van der Waals surface area contributed by atoms with Crippen molar-refractivity contribution in [3.05, 3.63) is 65.2 Å². The lowest BCUT2D eigenvalue weighted by Gasteiger charge is -2.19. The molecule has 0 aromatic heterocycles. The molecule has 1 fully saturated rings. The minimum Gasteiger partial charge on any atom is -0.391 e. The highest BCUT2D eigenvalue weighted by atomic mass is 16.3. The van der Waals surface area contributed by atoms with Crippen LogP contribution in [0.2, 0.25) is 0 Å². The molecule has 2 aromatic rings. The van der Waals surface area contributed by atoms with Gasteiger partial charge in [0.1, 0.15) is 12.6 Å². The average molecular weight is 492 g/mol. The molecule has 5 N–H and O–H groups in total. The second-order valence-electron chi connectivity index (χ2n) is 8.95.